The van der Waals surface area contributed by atoms with E-state index in [0.717, 1.165) is 0 Å². The van der Waals surface area contributed by atoms with Crippen molar-refractivity contribution in [2.45, 2.75) is 6.16 Å². The van der Waals surface area contributed by atoms with E-state index in [4.69, 9.17) is 0 Å². The minimum Gasteiger partial charge on any atom is -0.465 e. The molecule has 7 heteroatoms. The molecule has 6 nitrogen and oxygen atoms in total. The third kappa shape index (κ3) is 2.61. The summed E-state index contributed by atoms with van der Waals surface area (Å²) in [7, 11) is 0.976. The van der Waals surface area contributed by atoms with Crippen molar-refractivity contribution in [3.63, 3.8) is 0 Å². The molecule has 0 saturated heterocycles. The van der Waals surface area contributed by atoms with E-state index >= 15 is 0 Å². The lowest BCUT2D eigenvalue weighted by molar-refractivity contribution is -0.385. The first kappa shape index (κ1) is 12.3. The van der Waals surface area contributed by atoms with Crippen LogP contribution in [0.4, 0.5) is 5.69 Å². The quantitative estimate of drug-likeness (QED) is 0.349. The summed E-state index contributed by atoms with van der Waals surface area (Å²) in [5.41, 5.74) is 0.285. The number of nitro benzene ring substituents is 1. The van der Waals surface area contributed by atoms with Crippen molar-refractivity contribution in [3.05, 3.63) is 39.4 Å². The highest BCUT2D eigenvalue weighted by Gasteiger charge is 2.16. The van der Waals surface area contributed by atoms with E-state index in [1.807, 2.05) is 0 Å². The monoisotopic (exact) mass is 241 g/mol. The fourth-order valence-electron chi connectivity index (χ4n) is 1.20. The minimum atomic E-state index is -0.585. The standard InChI is InChI=1S/C9H8NO5P/c1-15-9(11)6-2-3-8(10(12)13)7(4-6)5-16-14/h2-4H,5H2,1H3. The van der Waals surface area contributed by atoms with E-state index in [0.29, 0.717) is 0 Å². The third-order valence-electron chi connectivity index (χ3n) is 1.93. The zero-order valence-electron chi connectivity index (χ0n) is 8.37. The highest BCUT2D eigenvalue weighted by Crippen LogP contribution is 2.24. The van der Waals surface area contributed by atoms with E-state index < -0.39 is 10.9 Å². The van der Waals surface area contributed by atoms with Crippen LogP contribution in [0.1, 0.15) is 15.9 Å². The number of hydrogen-bond acceptors (Lipinski definition) is 5. The van der Waals surface area contributed by atoms with E-state index in [-0.39, 0.29) is 31.4 Å². The molecule has 0 aliphatic rings. The maximum atomic E-state index is 11.2. The Bertz CT molecular complexity index is 446. The van der Waals surface area contributed by atoms with Gasteiger partial charge in [0.2, 0.25) is 0 Å². The summed E-state index contributed by atoms with van der Waals surface area (Å²) < 4.78 is 14.9. The van der Waals surface area contributed by atoms with Gasteiger partial charge in [-0.2, -0.15) is 0 Å². The summed E-state index contributed by atoms with van der Waals surface area (Å²) in [6.07, 6.45) is -0.0128. The van der Waals surface area contributed by atoms with Gasteiger partial charge in [-0.1, -0.05) is 0 Å². The molecule has 0 bridgehead atoms. The normalized spacial score (nSPS) is 10.1. The number of carbonyl (C=O) groups excluding carboxylic acids is 1. The second-order valence-corrected chi connectivity index (χ2v) is 3.45. The van der Waals surface area contributed by atoms with Gasteiger partial charge in [0.25, 0.3) is 5.69 Å². The molecule has 1 aromatic carbocycles. The van der Waals surface area contributed by atoms with Crippen LogP contribution in [0.2, 0.25) is 0 Å². The highest BCUT2D eigenvalue weighted by atomic mass is 31.1. The Morgan fingerprint density at radius 1 is 1.56 bits per heavy atom. The highest BCUT2D eigenvalue weighted by molar-refractivity contribution is 7.22. The Kier molecular flexibility index (Phi) is 4.08. The summed E-state index contributed by atoms with van der Waals surface area (Å²) in [5, 5.41) is 10.6. The smallest absolute Gasteiger partial charge is 0.337 e. The molecule has 0 aromatic heterocycles. The van der Waals surface area contributed by atoms with Gasteiger partial charge >= 0.3 is 5.97 Å². The first-order valence-corrected chi connectivity index (χ1v) is 5.24. The molecule has 0 aliphatic heterocycles. The Balaban J connectivity index is 3.21. The lowest BCUT2D eigenvalue weighted by Crippen LogP contribution is -2.03. The topological polar surface area (TPSA) is 86.5 Å². The fraction of sp³-hybridized carbons (Fsp3) is 0.222. The molecule has 1 rings (SSSR count). The SMILES string of the molecule is COC(=O)c1ccc([N+](=O)[O-])c(CP=O)c1. The Morgan fingerprint density at radius 3 is 2.75 bits per heavy atom. The molecule has 0 atom stereocenters. The maximum Gasteiger partial charge on any atom is 0.337 e. The molecular weight excluding hydrogens is 233 g/mol. The van der Waals surface area contributed by atoms with E-state index in [9.17, 15) is 19.5 Å². The van der Waals surface area contributed by atoms with Gasteiger partial charge in [0.05, 0.1) is 23.8 Å². The van der Waals surface area contributed by atoms with Gasteiger partial charge < -0.3 is 4.74 Å². The van der Waals surface area contributed by atoms with Gasteiger partial charge in [-0.3, -0.25) is 14.7 Å². The van der Waals surface area contributed by atoms with Gasteiger partial charge in [-0.15, -0.1) is 0 Å². The zero-order chi connectivity index (χ0) is 12.1. The van der Waals surface area contributed by atoms with Crippen molar-refractivity contribution in [2.75, 3.05) is 7.11 Å². The zero-order valence-corrected chi connectivity index (χ0v) is 9.27. The average molecular weight is 241 g/mol. The first-order valence-electron chi connectivity index (χ1n) is 4.25. The van der Waals surface area contributed by atoms with Gasteiger partial charge in [-0.25, -0.2) is 4.79 Å². The van der Waals surface area contributed by atoms with Crippen LogP contribution < -0.4 is 0 Å². The molecule has 0 radical (unpaired) electrons. The van der Waals surface area contributed by atoms with E-state index in [1.54, 1.807) is 0 Å². The van der Waals surface area contributed by atoms with Crippen molar-refractivity contribution >= 4 is 20.1 Å². The largest absolute Gasteiger partial charge is 0.465 e. The summed E-state index contributed by atoms with van der Waals surface area (Å²) in [6.45, 7) is 0. The van der Waals surface area contributed by atoms with Crippen molar-refractivity contribution < 1.29 is 19.0 Å². The first-order chi connectivity index (χ1) is 7.60. The van der Waals surface area contributed by atoms with Crippen LogP contribution in [0, 0.1) is 10.1 Å². The van der Waals surface area contributed by atoms with Crippen LogP contribution in [0.5, 0.6) is 0 Å². The fourth-order valence-corrected chi connectivity index (χ4v) is 1.60. The van der Waals surface area contributed by atoms with Gasteiger partial charge in [0.1, 0.15) is 0 Å². The molecule has 1 aromatic rings. The summed E-state index contributed by atoms with van der Waals surface area (Å²) >= 11 is 0. The van der Waals surface area contributed by atoms with Crippen molar-refractivity contribution in [2.24, 2.45) is 0 Å². The number of benzene rings is 1. The molecule has 0 aliphatic carbocycles. The van der Waals surface area contributed by atoms with Crippen molar-refractivity contribution in [1.29, 1.82) is 0 Å². The molecule has 0 unspecified atom stereocenters. The predicted molar refractivity (Wildman–Crippen MR) is 55.7 cm³/mol. The molecule has 0 N–H and O–H groups in total. The second kappa shape index (κ2) is 5.32. The summed E-state index contributed by atoms with van der Waals surface area (Å²) in [5.74, 6) is -0.585. The number of nitro groups is 1. The number of esters is 1. The van der Waals surface area contributed by atoms with E-state index in [2.05, 4.69) is 4.74 Å². The number of rotatable bonds is 4. The average Bonchev–Trinajstić information content (AvgIpc) is 2.28. The van der Waals surface area contributed by atoms with Crippen LogP contribution in [0.15, 0.2) is 18.2 Å². The van der Waals surface area contributed by atoms with Gasteiger partial charge in [0.15, 0.2) is 8.46 Å². The molecule has 16 heavy (non-hydrogen) atoms. The number of methoxy groups -OCH3 is 1. The number of ether oxygens (including phenoxy) is 1. The minimum absolute atomic E-state index is 0.0128. The lowest BCUT2D eigenvalue weighted by Gasteiger charge is -2.02. The molecule has 0 fully saturated rings. The van der Waals surface area contributed by atoms with Crippen molar-refractivity contribution in [1.82, 2.24) is 0 Å². The van der Waals surface area contributed by atoms with Crippen molar-refractivity contribution in [3.8, 4) is 0 Å². The number of carbonyl (C=O) groups is 1. The van der Waals surface area contributed by atoms with Crippen LogP contribution in [0.3, 0.4) is 0 Å². The molecular formula is C9H8NO5P. The summed E-state index contributed by atoms with van der Waals surface area (Å²) in [4.78, 5) is 21.2. The van der Waals surface area contributed by atoms with Crippen LogP contribution in [0.25, 0.3) is 0 Å². The second-order valence-electron chi connectivity index (χ2n) is 2.88. The number of hydrogen-bond donors (Lipinski definition) is 0. The molecule has 0 saturated carbocycles. The van der Waals surface area contributed by atoms with Crippen LogP contribution in [-0.2, 0) is 15.5 Å². The third-order valence-corrected chi connectivity index (χ3v) is 2.40. The predicted octanol–water partition coefficient (Wildman–Crippen LogP) is 2.17. The maximum absolute atomic E-state index is 11.2. The Labute approximate surface area is 92.6 Å². The van der Waals surface area contributed by atoms with Crippen LogP contribution in [-0.4, -0.2) is 18.0 Å². The van der Waals surface area contributed by atoms with Crippen LogP contribution >= 0.6 is 8.46 Å². The molecule has 84 valence electrons. The van der Waals surface area contributed by atoms with Gasteiger partial charge in [0, 0.05) is 11.6 Å². The molecule has 0 heterocycles. The Hall–Kier alpha value is -1.81. The molecule has 0 spiro atoms. The number of nitrogens with zero attached hydrogens (tertiary/aromatic N) is 1. The lowest BCUT2D eigenvalue weighted by atomic mass is 10.1. The molecule has 0 amide bonds. The Morgan fingerprint density at radius 2 is 2.25 bits per heavy atom. The van der Waals surface area contributed by atoms with E-state index in [1.165, 1.54) is 25.3 Å². The summed E-state index contributed by atoms with van der Waals surface area (Å²) in [6, 6.07) is 3.82. The van der Waals surface area contributed by atoms with Gasteiger partial charge in [-0.05, 0) is 12.1 Å².